The lowest BCUT2D eigenvalue weighted by atomic mass is 10.2. The SMILES string of the molecule is COc1cc(NCc2ccccc2OC(C)C)ccc1Cl. The average Bonchev–Trinajstić information content (AvgIpc) is 2.47. The van der Waals surface area contributed by atoms with Crippen LogP contribution in [0.5, 0.6) is 11.5 Å². The summed E-state index contributed by atoms with van der Waals surface area (Å²) in [6.45, 7) is 4.72. The third-order valence-electron chi connectivity index (χ3n) is 2.97. The topological polar surface area (TPSA) is 30.5 Å². The van der Waals surface area contributed by atoms with Crippen molar-refractivity contribution >= 4 is 17.3 Å². The first-order valence-electron chi connectivity index (χ1n) is 6.92. The van der Waals surface area contributed by atoms with Gasteiger partial charge in [0.05, 0.1) is 18.2 Å². The number of methoxy groups -OCH3 is 1. The minimum atomic E-state index is 0.154. The largest absolute Gasteiger partial charge is 0.495 e. The van der Waals surface area contributed by atoms with E-state index in [2.05, 4.69) is 11.4 Å². The highest BCUT2D eigenvalue weighted by Crippen LogP contribution is 2.28. The molecule has 1 N–H and O–H groups in total. The Bertz CT molecular complexity index is 599. The van der Waals surface area contributed by atoms with Crippen molar-refractivity contribution in [3.05, 3.63) is 53.1 Å². The number of anilines is 1. The fourth-order valence-corrected chi connectivity index (χ4v) is 2.18. The van der Waals surface area contributed by atoms with E-state index >= 15 is 0 Å². The second kappa shape index (κ2) is 7.23. The summed E-state index contributed by atoms with van der Waals surface area (Å²) in [5.74, 6) is 1.56. The van der Waals surface area contributed by atoms with Gasteiger partial charge in [-0.15, -0.1) is 0 Å². The van der Waals surface area contributed by atoms with Crippen molar-refractivity contribution in [3.63, 3.8) is 0 Å². The fourth-order valence-electron chi connectivity index (χ4n) is 1.99. The summed E-state index contributed by atoms with van der Waals surface area (Å²) in [5.41, 5.74) is 2.07. The molecule has 0 atom stereocenters. The third kappa shape index (κ3) is 4.30. The van der Waals surface area contributed by atoms with E-state index in [0.29, 0.717) is 17.3 Å². The summed E-state index contributed by atoms with van der Waals surface area (Å²) in [7, 11) is 1.61. The molecule has 0 bridgehead atoms. The van der Waals surface area contributed by atoms with Crippen molar-refractivity contribution in [2.75, 3.05) is 12.4 Å². The van der Waals surface area contributed by atoms with Gasteiger partial charge in [0.15, 0.2) is 0 Å². The lowest BCUT2D eigenvalue weighted by Gasteiger charge is -2.15. The molecule has 21 heavy (non-hydrogen) atoms. The molecule has 0 radical (unpaired) electrons. The quantitative estimate of drug-likeness (QED) is 0.835. The van der Waals surface area contributed by atoms with Gasteiger partial charge < -0.3 is 14.8 Å². The van der Waals surface area contributed by atoms with E-state index in [1.165, 1.54) is 0 Å². The van der Waals surface area contributed by atoms with Crippen LogP contribution >= 0.6 is 11.6 Å². The fraction of sp³-hybridized carbons (Fsp3) is 0.294. The second-order valence-electron chi connectivity index (χ2n) is 4.98. The van der Waals surface area contributed by atoms with E-state index < -0.39 is 0 Å². The van der Waals surface area contributed by atoms with E-state index in [1.54, 1.807) is 7.11 Å². The standard InChI is InChI=1S/C17H20ClNO2/c1-12(2)21-16-7-5-4-6-13(16)11-19-14-8-9-15(18)17(10-14)20-3/h4-10,12,19H,11H2,1-3H3. The van der Waals surface area contributed by atoms with Crippen molar-refractivity contribution in [2.45, 2.75) is 26.5 Å². The zero-order valence-corrected chi connectivity index (χ0v) is 13.3. The molecule has 4 heteroatoms. The molecule has 2 aromatic rings. The highest BCUT2D eigenvalue weighted by atomic mass is 35.5. The summed E-state index contributed by atoms with van der Waals surface area (Å²) in [6, 6.07) is 13.7. The Morgan fingerprint density at radius 2 is 1.86 bits per heavy atom. The molecule has 0 aliphatic rings. The zero-order chi connectivity index (χ0) is 15.2. The lowest BCUT2D eigenvalue weighted by molar-refractivity contribution is 0.240. The van der Waals surface area contributed by atoms with Gasteiger partial charge in [0.25, 0.3) is 0 Å². The van der Waals surface area contributed by atoms with Gasteiger partial charge in [-0.1, -0.05) is 29.8 Å². The molecule has 0 aliphatic heterocycles. The third-order valence-corrected chi connectivity index (χ3v) is 3.28. The summed E-state index contributed by atoms with van der Waals surface area (Å²) in [5, 5.41) is 3.96. The molecule has 0 unspecified atom stereocenters. The Balaban J connectivity index is 2.09. The molecule has 112 valence electrons. The van der Waals surface area contributed by atoms with Crippen LogP contribution in [0.15, 0.2) is 42.5 Å². The maximum Gasteiger partial charge on any atom is 0.139 e. The molecule has 0 amide bonds. The van der Waals surface area contributed by atoms with E-state index in [-0.39, 0.29) is 6.10 Å². The van der Waals surface area contributed by atoms with Gasteiger partial charge in [-0.05, 0) is 32.0 Å². The molecule has 3 nitrogen and oxygen atoms in total. The number of halogens is 1. The number of rotatable bonds is 6. The van der Waals surface area contributed by atoms with Crippen LogP contribution < -0.4 is 14.8 Å². The van der Waals surface area contributed by atoms with Gasteiger partial charge in [0.1, 0.15) is 11.5 Å². The van der Waals surface area contributed by atoms with Crippen molar-refractivity contribution in [3.8, 4) is 11.5 Å². The smallest absolute Gasteiger partial charge is 0.139 e. The Kier molecular flexibility index (Phi) is 5.34. The maximum atomic E-state index is 6.02. The second-order valence-corrected chi connectivity index (χ2v) is 5.38. The molecule has 0 saturated carbocycles. The van der Waals surface area contributed by atoms with Crippen molar-refractivity contribution in [1.29, 1.82) is 0 Å². The van der Waals surface area contributed by atoms with Gasteiger partial charge in [0, 0.05) is 23.9 Å². The number of hydrogen-bond acceptors (Lipinski definition) is 3. The number of hydrogen-bond donors (Lipinski definition) is 1. The Hall–Kier alpha value is -1.87. The van der Waals surface area contributed by atoms with Crippen LogP contribution in [0.1, 0.15) is 19.4 Å². The Morgan fingerprint density at radius 3 is 2.57 bits per heavy atom. The summed E-state index contributed by atoms with van der Waals surface area (Å²) in [4.78, 5) is 0. The Morgan fingerprint density at radius 1 is 1.10 bits per heavy atom. The number of ether oxygens (including phenoxy) is 2. The van der Waals surface area contributed by atoms with Gasteiger partial charge in [-0.3, -0.25) is 0 Å². The average molecular weight is 306 g/mol. The molecular weight excluding hydrogens is 286 g/mol. The molecule has 2 rings (SSSR count). The van der Waals surface area contributed by atoms with E-state index in [0.717, 1.165) is 17.0 Å². The minimum absolute atomic E-state index is 0.154. The van der Waals surface area contributed by atoms with E-state index in [1.807, 2.05) is 50.2 Å². The molecule has 0 fully saturated rings. The molecule has 0 heterocycles. The molecule has 0 aliphatic carbocycles. The zero-order valence-electron chi connectivity index (χ0n) is 12.5. The summed E-state index contributed by atoms with van der Waals surface area (Å²) >= 11 is 6.02. The maximum absolute atomic E-state index is 6.02. The summed E-state index contributed by atoms with van der Waals surface area (Å²) < 4.78 is 11.0. The lowest BCUT2D eigenvalue weighted by Crippen LogP contribution is -2.09. The monoisotopic (exact) mass is 305 g/mol. The molecule has 0 saturated heterocycles. The molecule has 0 spiro atoms. The van der Waals surface area contributed by atoms with Crippen LogP contribution in [0.4, 0.5) is 5.69 Å². The number of para-hydroxylation sites is 1. The summed E-state index contributed by atoms with van der Waals surface area (Å²) in [6.07, 6.45) is 0.154. The first kappa shape index (κ1) is 15.5. The van der Waals surface area contributed by atoms with Crippen LogP contribution in [-0.2, 0) is 6.54 Å². The van der Waals surface area contributed by atoms with Crippen molar-refractivity contribution < 1.29 is 9.47 Å². The van der Waals surface area contributed by atoms with Crippen LogP contribution in [0.3, 0.4) is 0 Å². The highest BCUT2D eigenvalue weighted by Gasteiger charge is 2.06. The van der Waals surface area contributed by atoms with Crippen LogP contribution in [0.2, 0.25) is 5.02 Å². The normalized spacial score (nSPS) is 10.5. The molecule has 2 aromatic carbocycles. The van der Waals surface area contributed by atoms with Gasteiger partial charge in [-0.2, -0.15) is 0 Å². The molecule has 0 aromatic heterocycles. The first-order chi connectivity index (χ1) is 10.1. The van der Waals surface area contributed by atoms with Crippen LogP contribution in [0, 0.1) is 0 Å². The van der Waals surface area contributed by atoms with Crippen LogP contribution in [-0.4, -0.2) is 13.2 Å². The Labute approximate surface area is 130 Å². The minimum Gasteiger partial charge on any atom is -0.495 e. The molecular formula is C17H20ClNO2. The van der Waals surface area contributed by atoms with Gasteiger partial charge in [-0.25, -0.2) is 0 Å². The van der Waals surface area contributed by atoms with Crippen molar-refractivity contribution in [1.82, 2.24) is 0 Å². The number of benzene rings is 2. The van der Waals surface area contributed by atoms with Crippen LogP contribution in [0.25, 0.3) is 0 Å². The first-order valence-corrected chi connectivity index (χ1v) is 7.30. The van der Waals surface area contributed by atoms with Gasteiger partial charge in [0.2, 0.25) is 0 Å². The highest BCUT2D eigenvalue weighted by molar-refractivity contribution is 6.32. The van der Waals surface area contributed by atoms with Gasteiger partial charge >= 0.3 is 0 Å². The van der Waals surface area contributed by atoms with E-state index in [4.69, 9.17) is 21.1 Å². The van der Waals surface area contributed by atoms with E-state index in [9.17, 15) is 0 Å². The predicted molar refractivity (Wildman–Crippen MR) is 87.5 cm³/mol. The van der Waals surface area contributed by atoms with Crippen molar-refractivity contribution in [2.24, 2.45) is 0 Å². The predicted octanol–water partition coefficient (Wildman–Crippen LogP) is 4.75. The number of nitrogens with one attached hydrogen (secondary N) is 1.